The number of benzene rings is 1. The summed E-state index contributed by atoms with van der Waals surface area (Å²) >= 11 is 0. The molecule has 3 heteroatoms. The average molecular weight is 254 g/mol. The maximum Gasteiger partial charge on any atom is 0.162 e. The minimum atomic E-state index is 0. The Morgan fingerprint density at radius 1 is 1.29 bits per heavy atom. The molecule has 0 saturated carbocycles. The van der Waals surface area contributed by atoms with E-state index in [-0.39, 0.29) is 18.2 Å². The van der Waals surface area contributed by atoms with Gasteiger partial charge in [0.05, 0.1) is 0 Å². The Morgan fingerprint density at radius 2 is 2.06 bits per heavy atom. The van der Waals surface area contributed by atoms with Gasteiger partial charge in [-0.05, 0) is 38.3 Å². The second-order valence-electron chi connectivity index (χ2n) is 4.54. The maximum atomic E-state index is 11.9. The van der Waals surface area contributed by atoms with Gasteiger partial charge in [0.25, 0.3) is 0 Å². The van der Waals surface area contributed by atoms with Gasteiger partial charge in [0.2, 0.25) is 0 Å². The van der Waals surface area contributed by atoms with E-state index in [2.05, 4.69) is 5.32 Å². The van der Waals surface area contributed by atoms with Crippen LogP contribution in [0.1, 0.15) is 36.0 Å². The number of rotatable bonds is 4. The first-order valence-electron chi connectivity index (χ1n) is 6.15. The molecular formula is C14H20ClNO. The summed E-state index contributed by atoms with van der Waals surface area (Å²) in [5.41, 5.74) is 0.853. The van der Waals surface area contributed by atoms with E-state index in [0.29, 0.717) is 12.3 Å². The standard InChI is InChI=1S/C14H19NO.ClH/c16-14(13-6-2-1-3-7-13)9-8-12-5-4-10-15-11-12;/h1-3,6-7,12,15H,4-5,8-11H2;1H. The molecule has 17 heavy (non-hydrogen) atoms. The monoisotopic (exact) mass is 253 g/mol. The molecule has 2 nitrogen and oxygen atoms in total. The summed E-state index contributed by atoms with van der Waals surface area (Å²) in [7, 11) is 0. The molecule has 1 atom stereocenters. The summed E-state index contributed by atoms with van der Waals surface area (Å²) in [5, 5.41) is 3.39. The maximum absolute atomic E-state index is 11.9. The van der Waals surface area contributed by atoms with Gasteiger partial charge >= 0.3 is 0 Å². The molecule has 1 saturated heterocycles. The number of nitrogens with one attached hydrogen (secondary N) is 1. The van der Waals surface area contributed by atoms with Crippen molar-refractivity contribution in [1.29, 1.82) is 0 Å². The summed E-state index contributed by atoms with van der Waals surface area (Å²) < 4.78 is 0. The van der Waals surface area contributed by atoms with E-state index in [1.54, 1.807) is 0 Å². The first-order chi connectivity index (χ1) is 7.86. The van der Waals surface area contributed by atoms with Crippen LogP contribution in [0, 0.1) is 5.92 Å². The molecule has 1 N–H and O–H groups in total. The molecule has 1 fully saturated rings. The van der Waals surface area contributed by atoms with Crippen molar-refractivity contribution in [3.8, 4) is 0 Å². The van der Waals surface area contributed by atoms with Crippen LogP contribution in [0.2, 0.25) is 0 Å². The second kappa shape index (κ2) is 7.46. The molecule has 0 amide bonds. The number of Topliss-reactive ketones (excluding diaryl/α,β-unsaturated/α-hetero) is 1. The highest BCUT2D eigenvalue weighted by atomic mass is 35.5. The largest absolute Gasteiger partial charge is 0.316 e. The number of hydrogen-bond acceptors (Lipinski definition) is 2. The van der Waals surface area contributed by atoms with Gasteiger partial charge in [-0.3, -0.25) is 4.79 Å². The Bertz CT molecular complexity index is 333. The van der Waals surface area contributed by atoms with E-state index in [1.807, 2.05) is 30.3 Å². The van der Waals surface area contributed by atoms with Crippen molar-refractivity contribution in [2.45, 2.75) is 25.7 Å². The molecule has 0 aromatic heterocycles. The first-order valence-corrected chi connectivity index (χ1v) is 6.15. The van der Waals surface area contributed by atoms with Crippen molar-refractivity contribution < 1.29 is 4.79 Å². The third kappa shape index (κ3) is 4.49. The molecule has 94 valence electrons. The summed E-state index contributed by atoms with van der Waals surface area (Å²) in [6.07, 6.45) is 4.25. The zero-order valence-electron chi connectivity index (χ0n) is 10.0. The van der Waals surface area contributed by atoms with Crippen molar-refractivity contribution in [3.05, 3.63) is 35.9 Å². The van der Waals surface area contributed by atoms with Crippen LogP contribution < -0.4 is 5.32 Å². The number of halogens is 1. The quantitative estimate of drug-likeness (QED) is 0.836. The van der Waals surface area contributed by atoms with Crippen LogP contribution in [-0.4, -0.2) is 18.9 Å². The molecule has 0 aliphatic carbocycles. The number of piperidine rings is 1. The molecule has 1 aromatic rings. The average Bonchev–Trinajstić information content (AvgIpc) is 2.38. The fourth-order valence-corrected chi connectivity index (χ4v) is 2.27. The predicted octanol–water partition coefficient (Wildman–Crippen LogP) is 3.07. The van der Waals surface area contributed by atoms with Gasteiger partial charge in [-0.1, -0.05) is 30.3 Å². The molecule has 0 bridgehead atoms. The van der Waals surface area contributed by atoms with Gasteiger partial charge in [-0.15, -0.1) is 12.4 Å². The van der Waals surface area contributed by atoms with Gasteiger partial charge in [0, 0.05) is 12.0 Å². The van der Waals surface area contributed by atoms with Crippen molar-refractivity contribution in [1.82, 2.24) is 5.32 Å². The Hall–Kier alpha value is -0.860. The summed E-state index contributed by atoms with van der Waals surface area (Å²) in [5.74, 6) is 0.979. The zero-order chi connectivity index (χ0) is 11.2. The van der Waals surface area contributed by atoms with Crippen molar-refractivity contribution in [3.63, 3.8) is 0 Å². The van der Waals surface area contributed by atoms with E-state index in [9.17, 15) is 4.79 Å². The molecule has 0 radical (unpaired) electrons. The summed E-state index contributed by atoms with van der Waals surface area (Å²) in [4.78, 5) is 11.9. The van der Waals surface area contributed by atoms with Crippen LogP contribution >= 0.6 is 12.4 Å². The molecule has 1 aliphatic heterocycles. The predicted molar refractivity (Wildman–Crippen MR) is 72.8 cm³/mol. The molecular weight excluding hydrogens is 234 g/mol. The van der Waals surface area contributed by atoms with Gasteiger partial charge in [-0.2, -0.15) is 0 Å². The van der Waals surface area contributed by atoms with Crippen LogP contribution in [0.4, 0.5) is 0 Å². The minimum absolute atomic E-state index is 0. The highest BCUT2D eigenvalue weighted by Crippen LogP contribution is 2.17. The van der Waals surface area contributed by atoms with Crippen LogP contribution in [0.3, 0.4) is 0 Å². The lowest BCUT2D eigenvalue weighted by molar-refractivity contribution is 0.0971. The van der Waals surface area contributed by atoms with Crippen molar-refractivity contribution in [2.24, 2.45) is 5.92 Å². The van der Waals surface area contributed by atoms with Gasteiger partial charge in [-0.25, -0.2) is 0 Å². The smallest absolute Gasteiger partial charge is 0.162 e. The van der Waals surface area contributed by atoms with E-state index in [4.69, 9.17) is 0 Å². The fourth-order valence-electron chi connectivity index (χ4n) is 2.27. The normalized spacial score (nSPS) is 19.4. The molecule has 1 aromatic carbocycles. The van der Waals surface area contributed by atoms with E-state index < -0.39 is 0 Å². The van der Waals surface area contributed by atoms with Crippen molar-refractivity contribution in [2.75, 3.05) is 13.1 Å². The lowest BCUT2D eigenvalue weighted by atomic mass is 9.92. The molecule has 1 aliphatic rings. The van der Waals surface area contributed by atoms with E-state index >= 15 is 0 Å². The summed E-state index contributed by atoms with van der Waals surface area (Å²) in [6.45, 7) is 2.23. The number of ketones is 1. The Balaban J connectivity index is 0.00000144. The fraction of sp³-hybridized carbons (Fsp3) is 0.500. The summed E-state index contributed by atoms with van der Waals surface area (Å²) in [6, 6.07) is 9.61. The van der Waals surface area contributed by atoms with E-state index in [1.165, 1.54) is 12.8 Å². The SMILES string of the molecule is Cl.O=C(CCC1CCCNC1)c1ccccc1. The number of carbonyl (C=O) groups excluding carboxylic acids is 1. The molecule has 0 spiro atoms. The molecule has 2 rings (SSSR count). The topological polar surface area (TPSA) is 29.1 Å². The third-order valence-corrected chi connectivity index (χ3v) is 3.27. The number of hydrogen-bond donors (Lipinski definition) is 1. The van der Waals surface area contributed by atoms with E-state index in [0.717, 1.165) is 25.1 Å². The van der Waals surface area contributed by atoms with Gasteiger partial charge < -0.3 is 5.32 Å². The third-order valence-electron chi connectivity index (χ3n) is 3.27. The first kappa shape index (κ1) is 14.2. The lowest BCUT2D eigenvalue weighted by Gasteiger charge is -2.22. The highest BCUT2D eigenvalue weighted by Gasteiger charge is 2.14. The number of carbonyl (C=O) groups is 1. The Morgan fingerprint density at radius 3 is 2.71 bits per heavy atom. The lowest BCUT2D eigenvalue weighted by Crippen LogP contribution is -2.30. The minimum Gasteiger partial charge on any atom is -0.316 e. The van der Waals surface area contributed by atoms with Crippen LogP contribution in [0.25, 0.3) is 0 Å². The Kier molecular flexibility index (Phi) is 6.23. The van der Waals surface area contributed by atoms with Crippen molar-refractivity contribution >= 4 is 18.2 Å². The van der Waals surface area contributed by atoms with Crippen LogP contribution in [0.15, 0.2) is 30.3 Å². The molecule has 1 heterocycles. The highest BCUT2D eigenvalue weighted by molar-refractivity contribution is 5.95. The second-order valence-corrected chi connectivity index (χ2v) is 4.54. The van der Waals surface area contributed by atoms with Crippen LogP contribution in [-0.2, 0) is 0 Å². The van der Waals surface area contributed by atoms with Crippen LogP contribution in [0.5, 0.6) is 0 Å². The zero-order valence-corrected chi connectivity index (χ0v) is 10.8. The van der Waals surface area contributed by atoms with Gasteiger partial charge in [0.15, 0.2) is 5.78 Å². The Labute approximate surface area is 109 Å². The van der Waals surface area contributed by atoms with Gasteiger partial charge in [0.1, 0.15) is 0 Å². The molecule has 1 unspecified atom stereocenters.